The SMILES string of the molecule is CN(C)CC(=O)N(CCO)CC(F)(F)F. The van der Waals surface area contributed by atoms with Gasteiger partial charge in [0.05, 0.1) is 13.2 Å². The molecule has 0 saturated heterocycles. The van der Waals surface area contributed by atoms with Crippen molar-refractivity contribution in [1.82, 2.24) is 9.80 Å². The Morgan fingerprint density at radius 2 is 1.87 bits per heavy atom. The van der Waals surface area contributed by atoms with E-state index in [1.807, 2.05) is 0 Å². The van der Waals surface area contributed by atoms with Crippen molar-refractivity contribution in [2.24, 2.45) is 0 Å². The van der Waals surface area contributed by atoms with Gasteiger partial charge in [0.2, 0.25) is 5.91 Å². The third kappa shape index (κ3) is 7.15. The lowest BCUT2D eigenvalue weighted by atomic mass is 10.4. The van der Waals surface area contributed by atoms with Gasteiger partial charge in [0.15, 0.2) is 0 Å². The molecule has 0 atom stereocenters. The van der Waals surface area contributed by atoms with Gasteiger partial charge >= 0.3 is 6.18 Å². The van der Waals surface area contributed by atoms with E-state index in [4.69, 9.17) is 5.11 Å². The third-order valence-corrected chi connectivity index (χ3v) is 1.54. The number of rotatable bonds is 5. The summed E-state index contributed by atoms with van der Waals surface area (Å²) in [4.78, 5) is 13.4. The van der Waals surface area contributed by atoms with Crippen LogP contribution in [0, 0.1) is 0 Å². The number of carbonyl (C=O) groups excluding carboxylic acids is 1. The number of halogens is 3. The summed E-state index contributed by atoms with van der Waals surface area (Å²) in [7, 11) is 3.17. The average molecular weight is 228 g/mol. The Labute approximate surface area is 86.3 Å². The van der Waals surface area contributed by atoms with E-state index < -0.39 is 25.2 Å². The van der Waals surface area contributed by atoms with Crippen molar-refractivity contribution in [2.45, 2.75) is 6.18 Å². The second-order valence-corrected chi connectivity index (χ2v) is 3.39. The van der Waals surface area contributed by atoms with E-state index in [1.54, 1.807) is 14.1 Å². The molecular formula is C8H15F3N2O2. The summed E-state index contributed by atoms with van der Waals surface area (Å²) in [5, 5.41) is 8.54. The zero-order valence-corrected chi connectivity index (χ0v) is 8.71. The zero-order valence-electron chi connectivity index (χ0n) is 8.71. The fourth-order valence-corrected chi connectivity index (χ4v) is 1.000. The Kier molecular flexibility index (Phi) is 5.59. The van der Waals surface area contributed by atoms with E-state index in [0.717, 1.165) is 0 Å². The number of hydrogen-bond acceptors (Lipinski definition) is 3. The second-order valence-electron chi connectivity index (χ2n) is 3.39. The number of alkyl halides is 3. The quantitative estimate of drug-likeness (QED) is 0.716. The van der Waals surface area contributed by atoms with Crippen LogP contribution in [0.25, 0.3) is 0 Å². The first-order valence-electron chi connectivity index (χ1n) is 4.36. The van der Waals surface area contributed by atoms with Crippen LogP contribution in [0.5, 0.6) is 0 Å². The molecule has 0 aliphatic rings. The summed E-state index contributed by atoms with van der Waals surface area (Å²) in [6, 6.07) is 0. The normalized spacial score (nSPS) is 11.9. The van der Waals surface area contributed by atoms with Crippen LogP contribution >= 0.6 is 0 Å². The first-order chi connectivity index (χ1) is 6.76. The van der Waals surface area contributed by atoms with Crippen LogP contribution in [0.2, 0.25) is 0 Å². The summed E-state index contributed by atoms with van der Waals surface area (Å²) in [5.41, 5.74) is 0. The number of hydrogen-bond donors (Lipinski definition) is 1. The second kappa shape index (κ2) is 5.92. The highest BCUT2D eigenvalue weighted by molar-refractivity contribution is 5.78. The molecule has 7 heteroatoms. The monoisotopic (exact) mass is 228 g/mol. The molecular weight excluding hydrogens is 213 g/mol. The molecule has 0 aromatic rings. The van der Waals surface area contributed by atoms with E-state index in [0.29, 0.717) is 4.90 Å². The lowest BCUT2D eigenvalue weighted by molar-refractivity contribution is -0.162. The summed E-state index contributed by atoms with van der Waals surface area (Å²) < 4.78 is 36.1. The fraction of sp³-hybridized carbons (Fsp3) is 0.875. The number of nitrogens with zero attached hydrogens (tertiary/aromatic N) is 2. The first-order valence-corrected chi connectivity index (χ1v) is 4.36. The van der Waals surface area contributed by atoms with Gasteiger partial charge in [-0.1, -0.05) is 0 Å². The lowest BCUT2D eigenvalue weighted by Crippen LogP contribution is -2.44. The highest BCUT2D eigenvalue weighted by Crippen LogP contribution is 2.16. The summed E-state index contributed by atoms with van der Waals surface area (Å²) >= 11 is 0. The van der Waals surface area contributed by atoms with Crippen LogP contribution in [-0.4, -0.2) is 67.3 Å². The number of likely N-dealkylation sites (N-methyl/N-ethyl adjacent to an activating group) is 1. The van der Waals surface area contributed by atoms with Crippen molar-refractivity contribution in [2.75, 3.05) is 40.3 Å². The topological polar surface area (TPSA) is 43.8 Å². The smallest absolute Gasteiger partial charge is 0.395 e. The van der Waals surface area contributed by atoms with E-state index in [1.165, 1.54) is 4.90 Å². The van der Waals surface area contributed by atoms with Crippen molar-refractivity contribution < 1.29 is 23.1 Å². The van der Waals surface area contributed by atoms with Crippen molar-refractivity contribution in [3.63, 3.8) is 0 Å². The van der Waals surface area contributed by atoms with Crippen LogP contribution in [0.1, 0.15) is 0 Å². The summed E-state index contributed by atoms with van der Waals surface area (Å²) in [6.45, 7) is -2.20. The van der Waals surface area contributed by atoms with Gasteiger partial charge in [-0.3, -0.25) is 4.79 Å². The predicted molar refractivity (Wildman–Crippen MR) is 48.3 cm³/mol. The Bertz CT molecular complexity index is 207. The molecule has 0 spiro atoms. The van der Waals surface area contributed by atoms with Crippen LogP contribution < -0.4 is 0 Å². The molecule has 1 N–H and O–H groups in total. The Morgan fingerprint density at radius 1 is 1.33 bits per heavy atom. The first kappa shape index (κ1) is 14.2. The number of aliphatic hydroxyl groups excluding tert-OH is 1. The van der Waals surface area contributed by atoms with E-state index >= 15 is 0 Å². The highest BCUT2D eigenvalue weighted by Gasteiger charge is 2.32. The van der Waals surface area contributed by atoms with Gasteiger partial charge in [-0.05, 0) is 14.1 Å². The highest BCUT2D eigenvalue weighted by atomic mass is 19.4. The minimum atomic E-state index is -4.43. The maximum Gasteiger partial charge on any atom is 0.406 e. The Morgan fingerprint density at radius 3 is 2.20 bits per heavy atom. The molecule has 4 nitrogen and oxygen atoms in total. The largest absolute Gasteiger partial charge is 0.406 e. The standard InChI is InChI=1S/C8H15F3N2O2/c1-12(2)5-7(15)13(3-4-14)6-8(9,10)11/h14H,3-6H2,1-2H3. The van der Waals surface area contributed by atoms with Gasteiger partial charge < -0.3 is 14.9 Å². The van der Waals surface area contributed by atoms with Gasteiger partial charge in [0.1, 0.15) is 6.54 Å². The van der Waals surface area contributed by atoms with Crippen LogP contribution in [0.15, 0.2) is 0 Å². The minimum Gasteiger partial charge on any atom is -0.395 e. The molecule has 0 bridgehead atoms. The predicted octanol–water partition coefficient (Wildman–Crippen LogP) is -0.0688. The van der Waals surface area contributed by atoms with Crippen LogP contribution in [0.4, 0.5) is 13.2 Å². The maximum absolute atomic E-state index is 12.0. The van der Waals surface area contributed by atoms with Crippen LogP contribution in [-0.2, 0) is 4.79 Å². The van der Waals surface area contributed by atoms with Gasteiger partial charge in [-0.2, -0.15) is 13.2 Å². The minimum absolute atomic E-state index is 0.101. The third-order valence-electron chi connectivity index (χ3n) is 1.54. The van der Waals surface area contributed by atoms with E-state index in [-0.39, 0.29) is 13.1 Å². The van der Waals surface area contributed by atoms with Crippen molar-refractivity contribution in [3.8, 4) is 0 Å². The molecule has 0 fully saturated rings. The molecule has 0 saturated carbocycles. The molecule has 0 aromatic heterocycles. The maximum atomic E-state index is 12.0. The van der Waals surface area contributed by atoms with Gasteiger partial charge in [-0.25, -0.2) is 0 Å². The average Bonchev–Trinajstić information content (AvgIpc) is 1.99. The molecule has 0 heterocycles. The Balaban J connectivity index is 4.31. The molecule has 15 heavy (non-hydrogen) atoms. The Hall–Kier alpha value is -0.820. The molecule has 0 aliphatic heterocycles. The van der Waals surface area contributed by atoms with E-state index in [9.17, 15) is 18.0 Å². The molecule has 0 unspecified atom stereocenters. The molecule has 0 aromatic carbocycles. The number of carbonyl (C=O) groups is 1. The summed E-state index contributed by atoms with van der Waals surface area (Å²) in [5.74, 6) is -0.647. The number of aliphatic hydroxyl groups is 1. The fourth-order valence-electron chi connectivity index (χ4n) is 1.000. The molecule has 90 valence electrons. The van der Waals surface area contributed by atoms with E-state index in [2.05, 4.69) is 0 Å². The van der Waals surface area contributed by atoms with Crippen molar-refractivity contribution >= 4 is 5.91 Å². The number of amides is 1. The lowest BCUT2D eigenvalue weighted by Gasteiger charge is -2.24. The molecule has 0 radical (unpaired) electrons. The zero-order chi connectivity index (χ0) is 12.1. The van der Waals surface area contributed by atoms with Crippen molar-refractivity contribution in [3.05, 3.63) is 0 Å². The van der Waals surface area contributed by atoms with Gasteiger partial charge in [0.25, 0.3) is 0 Å². The van der Waals surface area contributed by atoms with Gasteiger partial charge in [-0.15, -0.1) is 0 Å². The molecule has 1 amide bonds. The molecule has 0 aliphatic carbocycles. The van der Waals surface area contributed by atoms with Crippen LogP contribution in [0.3, 0.4) is 0 Å². The van der Waals surface area contributed by atoms with Crippen molar-refractivity contribution in [1.29, 1.82) is 0 Å². The summed E-state index contributed by atoms with van der Waals surface area (Å²) in [6.07, 6.45) is -4.43. The van der Waals surface area contributed by atoms with Gasteiger partial charge in [0, 0.05) is 6.54 Å². The molecule has 0 rings (SSSR count).